The molecule has 0 aliphatic heterocycles. The number of nitrogens with zero attached hydrogens (tertiary/aromatic N) is 2. The normalized spacial score (nSPS) is 14.1. The van der Waals surface area contributed by atoms with Crippen LogP contribution < -0.4 is 10.1 Å². The quantitative estimate of drug-likeness (QED) is 0.888. The lowest BCUT2D eigenvalue weighted by atomic mass is 10.1. The highest BCUT2D eigenvalue weighted by Gasteiger charge is 2.24. The van der Waals surface area contributed by atoms with E-state index in [2.05, 4.69) is 26.3 Å². The predicted octanol–water partition coefficient (Wildman–Crippen LogP) is 3.56. The van der Waals surface area contributed by atoms with Crippen LogP contribution >= 0.6 is 27.5 Å². The van der Waals surface area contributed by atoms with E-state index in [1.807, 2.05) is 50.0 Å². The minimum absolute atomic E-state index is 0.0101. The van der Waals surface area contributed by atoms with Crippen molar-refractivity contribution in [2.24, 2.45) is 7.05 Å². The van der Waals surface area contributed by atoms with E-state index in [0.29, 0.717) is 5.02 Å². The third-order valence-corrected chi connectivity index (χ3v) is 3.98. The van der Waals surface area contributed by atoms with Crippen molar-refractivity contribution in [1.29, 1.82) is 0 Å². The van der Waals surface area contributed by atoms with Gasteiger partial charge in [0, 0.05) is 12.1 Å². The number of ether oxygens (including phenoxy) is 1. The van der Waals surface area contributed by atoms with Crippen molar-refractivity contribution < 1.29 is 4.74 Å². The summed E-state index contributed by atoms with van der Waals surface area (Å²) in [6.07, 6.45) is 1.70. The third kappa shape index (κ3) is 3.34. The number of likely N-dealkylation sites (N-methyl/N-ethyl adjacent to an activating group) is 1. The van der Waals surface area contributed by atoms with Crippen LogP contribution in [-0.4, -0.2) is 22.9 Å². The molecule has 2 rings (SSSR count). The molecule has 0 fully saturated rings. The van der Waals surface area contributed by atoms with Gasteiger partial charge in [-0.1, -0.05) is 17.7 Å². The number of hydrogen-bond acceptors (Lipinski definition) is 3. The summed E-state index contributed by atoms with van der Waals surface area (Å²) < 4.78 is 8.77. The Hall–Kier alpha value is -1.04. The highest BCUT2D eigenvalue weighted by Crippen LogP contribution is 2.28. The first-order chi connectivity index (χ1) is 9.52. The SMILES string of the molecule is CNC(c1c(Br)cnn1C)C(C)Oc1cccc(Cl)c1. The Kier molecular flexibility index (Phi) is 5.07. The molecular weight excluding hydrogens is 342 g/mol. The van der Waals surface area contributed by atoms with Gasteiger partial charge in [0.1, 0.15) is 11.9 Å². The maximum Gasteiger partial charge on any atom is 0.121 e. The molecule has 0 saturated heterocycles. The number of rotatable bonds is 5. The van der Waals surface area contributed by atoms with Crippen molar-refractivity contribution in [3.8, 4) is 5.75 Å². The molecule has 0 aliphatic rings. The molecule has 4 nitrogen and oxygen atoms in total. The fraction of sp³-hybridized carbons (Fsp3) is 0.357. The first-order valence-electron chi connectivity index (χ1n) is 6.29. The topological polar surface area (TPSA) is 39.1 Å². The van der Waals surface area contributed by atoms with Crippen molar-refractivity contribution in [1.82, 2.24) is 15.1 Å². The van der Waals surface area contributed by atoms with Crippen LogP contribution in [0, 0.1) is 0 Å². The molecule has 1 heterocycles. The summed E-state index contributed by atoms with van der Waals surface area (Å²) in [5.74, 6) is 0.753. The molecule has 2 aromatic rings. The zero-order chi connectivity index (χ0) is 14.7. The van der Waals surface area contributed by atoms with E-state index < -0.39 is 0 Å². The van der Waals surface area contributed by atoms with Crippen molar-refractivity contribution in [2.75, 3.05) is 7.05 Å². The van der Waals surface area contributed by atoms with Crippen LogP contribution in [-0.2, 0) is 7.05 Å². The second-order valence-corrected chi connectivity index (χ2v) is 5.84. The monoisotopic (exact) mass is 357 g/mol. The van der Waals surface area contributed by atoms with Gasteiger partial charge < -0.3 is 10.1 Å². The Labute approximate surface area is 132 Å². The van der Waals surface area contributed by atoms with Crippen molar-refractivity contribution >= 4 is 27.5 Å². The number of hydrogen-bond donors (Lipinski definition) is 1. The molecule has 0 aliphatic carbocycles. The number of aromatic nitrogens is 2. The van der Waals surface area contributed by atoms with Gasteiger partial charge in [-0.3, -0.25) is 4.68 Å². The molecule has 20 heavy (non-hydrogen) atoms. The van der Waals surface area contributed by atoms with Gasteiger partial charge in [-0.05, 0) is 48.1 Å². The summed E-state index contributed by atoms with van der Waals surface area (Å²) in [5.41, 5.74) is 1.04. The maximum atomic E-state index is 5.97. The molecule has 0 amide bonds. The van der Waals surface area contributed by atoms with Crippen LogP contribution in [0.4, 0.5) is 0 Å². The van der Waals surface area contributed by atoms with Crippen molar-refractivity contribution in [3.05, 3.63) is 45.7 Å². The van der Waals surface area contributed by atoms with E-state index in [1.165, 1.54) is 0 Å². The lowest BCUT2D eigenvalue weighted by Gasteiger charge is -2.25. The largest absolute Gasteiger partial charge is 0.489 e. The maximum absolute atomic E-state index is 5.97. The van der Waals surface area contributed by atoms with Crippen LogP contribution in [0.2, 0.25) is 5.02 Å². The van der Waals surface area contributed by atoms with Gasteiger partial charge in [0.15, 0.2) is 0 Å². The second-order valence-electron chi connectivity index (χ2n) is 4.55. The second kappa shape index (κ2) is 6.61. The van der Waals surface area contributed by atoms with Crippen LogP contribution in [0.3, 0.4) is 0 Å². The van der Waals surface area contributed by atoms with Gasteiger partial charge in [-0.25, -0.2) is 0 Å². The van der Waals surface area contributed by atoms with Gasteiger partial charge in [0.2, 0.25) is 0 Å². The smallest absolute Gasteiger partial charge is 0.121 e. The van der Waals surface area contributed by atoms with Gasteiger partial charge in [0.25, 0.3) is 0 Å². The van der Waals surface area contributed by atoms with Gasteiger partial charge in [-0.15, -0.1) is 0 Å². The molecule has 0 saturated carbocycles. The lowest BCUT2D eigenvalue weighted by molar-refractivity contribution is 0.170. The average molecular weight is 359 g/mol. The Balaban J connectivity index is 2.20. The molecule has 2 unspecified atom stereocenters. The van der Waals surface area contributed by atoms with Crippen LogP contribution in [0.25, 0.3) is 0 Å². The summed E-state index contributed by atoms with van der Waals surface area (Å²) in [4.78, 5) is 0. The first-order valence-corrected chi connectivity index (χ1v) is 7.47. The minimum Gasteiger partial charge on any atom is -0.489 e. The van der Waals surface area contributed by atoms with E-state index in [1.54, 1.807) is 6.20 Å². The number of aryl methyl sites for hydroxylation is 1. The number of nitrogens with one attached hydrogen (secondary N) is 1. The van der Waals surface area contributed by atoms with E-state index in [0.717, 1.165) is 15.9 Å². The number of halogens is 2. The summed E-state index contributed by atoms with van der Waals surface area (Å²) in [6.45, 7) is 2.02. The van der Waals surface area contributed by atoms with E-state index in [9.17, 15) is 0 Å². The van der Waals surface area contributed by atoms with E-state index in [4.69, 9.17) is 16.3 Å². The van der Waals surface area contributed by atoms with Gasteiger partial charge in [0.05, 0.1) is 22.4 Å². The van der Waals surface area contributed by atoms with Crippen LogP contribution in [0.15, 0.2) is 34.9 Å². The molecule has 1 aromatic heterocycles. The molecule has 0 radical (unpaired) electrons. The standard InChI is InChI=1S/C14H17BrClN3O/c1-9(20-11-6-4-5-10(16)7-11)13(17-2)14-12(15)8-18-19(14)3/h4-9,13,17H,1-3H3. The Morgan fingerprint density at radius 1 is 1.45 bits per heavy atom. The Bertz CT molecular complexity index is 568. The summed E-state index contributed by atoms with van der Waals surface area (Å²) in [6, 6.07) is 7.41. The molecule has 1 aromatic carbocycles. The van der Waals surface area contributed by atoms with Crippen LogP contribution in [0.1, 0.15) is 18.7 Å². The van der Waals surface area contributed by atoms with Crippen molar-refractivity contribution in [3.63, 3.8) is 0 Å². The highest BCUT2D eigenvalue weighted by atomic mass is 79.9. The minimum atomic E-state index is -0.0785. The Morgan fingerprint density at radius 2 is 2.20 bits per heavy atom. The fourth-order valence-corrected chi connectivity index (χ4v) is 2.96. The first kappa shape index (κ1) is 15.4. The Morgan fingerprint density at radius 3 is 2.75 bits per heavy atom. The molecule has 6 heteroatoms. The van der Waals surface area contributed by atoms with Crippen LogP contribution in [0.5, 0.6) is 5.75 Å². The summed E-state index contributed by atoms with van der Waals surface area (Å²) >= 11 is 9.50. The van der Waals surface area contributed by atoms with E-state index in [-0.39, 0.29) is 12.1 Å². The number of benzene rings is 1. The molecule has 108 valence electrons. The predicted molar refractivity (Wildman–Crippen MR) is 84.3 cm³/mol. The van der Waals surface area contributed by atoms with Gasteiger partial charge >= 0.3 is 0 Å². The van der Waals surface area contributed by atoms with E-state index >= 15 is 0 Å². The lowest BCUT2D eigenvalue weighted by Crippen LogP contribution is -2.33. The van der Waals surface area contributed by atoms with Crippen molar-refractivity contribution in [2.45, 2.75) is 19.1 Å². The van der Waals surface area contributed by atoms with Gasteiger partial charge in [-0.2, -0.15) is 5.10 Å². The summed E-state index contributed by atoms with van der Waals surface area (Å²) in [7, 11) is 3.82. The molecular formula is C14H17BrClN3O. The fourth-order valence-electron chi connectivity index (χ4n) is 2.19. The zero-order valence-electron chi connectivity index (χ0n) is 11.6. The molecule has 1 N–H and O–H groups in total. The molecule has 2 atom stereocenters. The zero-order valence-corrected chi connectivity index (χ0v) is 13.9. The summed E-state index contributed by atoms with van der Waals surface area (Å²) in [5, 5.41) is 8.18. The third-order valence-electron chi connectivity index (χ3n) is 3.13. The molecule has 0 bridgehead atoms. The highest BCUT2D eigenvalue weighted by molar-refractivity contribution is 9.10. The average Bonchev–Trinajstić information content (AvgIpc) is 2.72. The molecule has 0 spiro atoms.